The largest absolute Gasteiger partial charge is 0.271 e. The molecule has 1 aliphatic rings. The fourth-order valence-electron chi connectivity index (χ4n) is 1.67. The van der Waals surface area contributed by atoms with E-state index in [9.17, 15) is 0 Å². The van der Waals surface area contributed by atoms with E-state index in [-0.39, 0.29) is 0 Å². The van der Waals surface area contributed by atoms with E-state index < -0.39 is 4.46 Å². The minimum absolute atomic E-state index is 0.852. The Bertz CT molecular complexity index is 322. The second-order valence-electron chi connectivity index (χ2n) is 3.37. The summed E-state index contributed by atoms with van der Waals surface area (Å²) in [6.07, 6.45) is 1.02. The van der Waals surface area contributed by atoms with Gasteiger partial charge in [-0.3, -0.25) is 4.90 Å². The molecule has 0 saturated carbocycles. The molecule has 0 amide bonds. The topological polar surface area (TPSA) is 3.24 Å². The SMILES string of the molecule is CN1CCc2ccccc2C1(Cl)Cl. The third-order valence-electron chi connectivity index (χ3n) is 2.54. The summed E-state index contributed by atoms with van der Waals surface area (Å²) in [4.78, 5) is 1.96. The van der Waals surface area contributed by atoms with Gasteiger partial charge in [-0.1, -0.05) is 47.5 Å². The van der Waals surface area contributed by atoms with Crippen molar-refractivity contribution in [2.75, 3.05) is 13.6 Å². The van der Waals surface area contributed by atoms with Gasteiger partial charge in [-0.15, -0.1) is 0 Å². The molecule has 3 heteroatoms. The van der Waals surface area contributed by atoms with Gasteiger partial charge in [-0.25, -0.2) is 0 Å². The van der Waals surface area contributed by atoms with Crippen molar-refractivity contribution >= 4 is 23.2 Å². The summed E-state index contributed by atoms with van der Waals surface area (Å²) in [7, 11) is 1.94. The maximum atomic E-state index is 6.24. The molecule has 0 bridgehead atoms. The van der Waals surface area contributed by atoms with E-state index >= 15 is 0 Å². The van der Waals surface area contributed by atoms with E-state index in [2.05, 4.69) is 6.07 Å². The molecule has 70 valence electrons. The highest BCUT2D eigenvalue weighted by atomic mass is 35.5. The average molecular weight is 216 g/mol. The standard InChI is InChI=1S/C10H11Cl2N/c1-13-7-6-8-4-2-3-5-9(8)10(13,11)12/h2-5H,6-7H2,1H3. The Hall–Kier alpha value is -0.240. The summed E-state index contributed by atoms with van der Waals surface area (Å²) < 4.78 is -0.852. The molecular weight excluding hydrogens is 205 g/mol. The van der Waals surface area contributed by atoms with Crippen molar-refractivity contribution in [3.63, 3.8) is 0 Å². The van der Waals surface area contributed by atoms with Crippen molar-refractivity contribution in [3.05, 3.63) is 35.4 Å². The van der Waals surface area contributed by atoms with Crippen LogP contribution >= 0.6 is 23.2 Å². The number of alkyl halides is 2. The minimum atomic E-state index is -0.852. The summed E-state index contributed by atoms with van der Waals surface area (Å²) in [6, 6.07) is 8.07. The van der Waals surface area contributed by atoms with Gasteiger partial charge in [0.15, 0.2) is 4.46 Å². The van der Waals surface area contributed by atoms with E-state index in [1.54, 1.807) is 0 Å². The average Bonchev–Trinajstić information content (AvgIpc) is 2.13. The zero-order valence-corrected chi connectivity index (χ0v) is 8.94. The van der Waals surface area contributed by atoms with Gasteiger partial charge in [-0.2, -0.15) is 0 Å². The third-order valence-corrected chi connectivity index (χ3v) is 3.52. The van der Waals surface area contributed by atoms with Crippen molar-refractivity contribution in [1.29, 1.82) is 0 Å². The monoisotopic (exact) mass is 215 g/mol. The second kappa shape index (κ2) is 3.16. The molecule has 0 aliphatic carbocycles. The molecule has 1 aliphatic heterocycles. The molecule has 0 unspecified atom stereocenters. The summed E-state index contributed by atoms with van der Waals surface area (Å²) in [5.41, 5.74) is 2.28. The van der Waals surface area contributed by atoms with Gasteiger partial charge in [0.1, 0.15) is 0 Å². The van der Waals surface area contributed by atoms with Crippen LogP contribution in [0.2, 0.25) is 0 Å². The molecule has 1 aromatic rings. The van der Waals surface area contributed by atoms with Crippen molar-refractivity contribution in [2.24, 2.45) is 0 Å². The Balaban J connectivity index is 2.52. The minimum Gasteiger partial charge on any atom is -0.271 e. The summed E-state index contributed by atoms with van der Waals surface area (Å²) in [6.45, 7) is 0.907. The maximum Gasteiger partial charge on any atom is 0.197 e. The van der Waals surface area contributed by atoms with Crippen LogP contribution in [0.25, 0.3) is 0 Å². The van der Waals surface area contributed by atoms with Crippen LogP contribution in [0.15, 0.2) is 24.3 Å². The number of fused-ring (bicyclic) bond motifs is 1. The number of nitrogens with zero attached hydrogens (tertiary/aromatic N) is 1. The Kier molecular flexibility index (Phi) is 2.26. The first-order valence-electron chi connectivity index (χ1n) is 4.30. The van der Waals surface area contributed by atoms with E-state index in [0.29, 0.717) is 0 Å². The fraction of sp³-hybridized carbons (Fsp3) is 0.400. The zero-order valence-electron chi connectivity index (χ0n) is 7.43. The highest BCUT2D eigenvalue weighted by molar-refractivity contribution is 6.47. The van der Waals surface area contributed by atoms with Crippen LogP contribution in [-0.2, 0) is 10.9 Å². The number of likely N-dealkylation sites (N-methyl/N-ethyl adjacent to an activating group) is 1. The Morgan fingerprint density at radius 2 is 2.00 bits per heavy atom. The number of hydrogen-bond donors (Lipinski definition) is 0. The lowest BCUT2D eigenvalue weighted by Gasteiger charge is -2.36. The number of benzene rings is 1. The van der Waals surface area contributed by atoms with E-state index in [1.807, 2.05) is 30.1 Å². The summed E-state index contributed by atoms with van der Waals surface area (Å²) >= 11 is 12.5. The van der Waals surface area contributed by atoms with Gasteiger partial charge in [0.05, 0.1) is 0 Å². The van der Waals surface area contributed by atoms with Gasteiger partial charge in [-0.05, 0) is 19.0 Å². The number of rotatable bonds is 0. The van der Waals surface area contributed by atoms with Crippen LogP contribution in [-0.4, -0.2) is 18.5 Å². The fourth-order valence-corrected chi connectivity index (χ4v) is 2.20. The predicted octanol–water partition coefficient (Wildman–Crippen LogP) is 2.76. The Morgan fingerprint density at radius 3 is 2.77 bits per heavy atom. The van der Waals surface area contributed by atoms with E-state index in [0.717, 1.165) is 18.5 Å². The van der Waals surface area contributed by atoms with Crippen LogP contribution in [0.5, 0.6) is 0 Å². The number of hydrogen-bond acceptors (Lipinski definition) is 1. The highest BCUT2D eigenvalue weighted by Gasteiger charge is 2.36. The molecule has 0 radical (unpaired) electrons. The van der Waals surface area contributed by atoms with Gasteiger partial charge < -0.3 is 0 Å². The van der Waals surface area contributed by atoms with Crippen LogP contribution in [0.3, 0.4) is 0 Å². The normalized spacial score (nSPS) is 21.2. The van der Waals surface area contributed by atoms with Crippen molar-refractivity contribution in [2.45, 2.75) is 10.9 Å². The van der Waals surface area contributed by atoms with Gasteiger partial charge in [0, 0.05) is 12.1 Å². The molecule has 0 spiro atoms. The molecule has 0 fully saturated rings. The maximum absolute atomic E-state index is 6.24. The second-order valence-corrected chi connectivity index (χ2v) is 4.66. The van der Waals surface area contributed by atoms with Gasteiger partial charge in [0.25, 0.3) is 0 Å². The predicted molar refractivity (Wildman–Crippen MR) is 56.2 cm³/mol. The summed E-state index contributed by atoms with van der Waals surface area (Å²) in [5.74, 6) is 0. The van der Waals surface area contributed by atoms with Crippen LogP contribution in [0, 0.1) is 0 Å². The molecule has 0 aromatic heterocycles. The first-order valence-corrected chi connectivity index (χ1v) is 5.05. The summed E-state index contributed by atoms with van der Waals surface area (Å²) in [5, 5.41) is 0. The molecule has 0 N–H and O–H groups in total. The lowest BCUT2D eigenvalue weighted by molar-refractivity contribution is 0.264. The smallest absolute Gasteiger partial charge is 0.197 e. The lowest BCUT2D eigenvalue weighted by Crippen LogP contribution is -2.40. The van der Waals surface area contributed by atoms with Crippen LogP contribution in [0.4, 0.5) is 0 Å². The van der Waals surface area contributed by atoms with E-state index in [4.69, 9.17) is 23.2 Å². The molecule has 2 rings (SSSR count). The first-order chi connectivity index (χ1) is 6.12. The number of halogens is 2. The molecule has 13 heavy (non-hydrogen) atoms. The quantitative estimate of drug-likeness (QED) is 0.476. The molecule has 1 aromatic carbocycles. The lowest BCUT2D eigenvalue weighted by atomic mass is 10.00. The molecule has 1 nitrogen and oxygen atoms in total. The van der Waals surface area contributed by atoms with Crippen molar-refractivity contribution in [3.8, 4) is 0 Å². The molecule has 0 atom stereocenters. The molecular formula is C10H11Cl2N. The van der Waals surface area contributed by atoms with Gasteiger partial charge >= 0.3 is 0 Å². The van der Waals surface area contributed by atoms with Crippen molar-refractivity contribution in [1.82, 2.24) is 4.90 Å². The van der Waals surface area contributed by atoms with E-state index in [1.165, 1.54) is 5.56 Å². The third kappa shape index (κ3) is 1.45. The Labute approximate surface area is 88.3 Å². The van der Waals surface area contributed by atoms with Crippen molar-refractivity contribution < 1.29 is 0 Å². The van der Waals surface area contributed by atoms with Crippen LogP contribution < -0.4 is 0 Å². The molecule has 1 heterocycles. The zero-order chi connectivity index (χ0) is 9.47. The van der Waals surface area contributed by atoms with Gasteiger partial charge in [0.2, 0.25) is 0 Å². The Morgan fingerprint density at radius 1 is 1.31 bits per heavy atom. The molecule has 0 saturated heterocycles. The first kappa shape index (κ1) is 9.32. The highest BCUT2D eigenvalue weighted by Crippen LogP contribution is 2.41. The van der Waals surface area contributed by atoms with Crippen LogP contribution in [0.1, 0.15) is 11.1 Å².